The molecule has 1 rings (SSSR count). The van der Waals surface area contributed by atoms with E-state index in [2.05, 4.69) is 0 Å². The molecule has 0 saturated carbocycles. The summed E-state index contributed by atoms with van der Waals surface area (Å²) in [6.07, 6.45) is 0. The van der Waals surface area contributed by atoms with Crippen LogP contribution in [-0.2, 0) is 0 Å². The van der Waals surface area contributed by atoms with Crippen LogP contribution >= 0.6 is 23.4 Å². The fraction of sp³-hybridized carbons (Fsp3) is 0.250. The van der Waals surface area contributed by atoms with Crippen LogP contribution in [0.1, 0.15) is 0 Å². The molecule has 0 amide bonds. The van der Waals surface area contributed by atoms with Gasteiger partial charge in [-0.2, -0.15) is 13.2 Å². The Morgan fingerprint density at radius 1 is 1.36 bits per heavy atom. The van der Waals surface area contributed by atoms with Crippen LogP contribution in [0, 0.1) is 0 Å². The lowest BCUT2D eigenvalue weighted by atomic mass is 10.3. The average Bonchev–Trinajstić information content (AvgIpc) is 2.01. The Labute approximate surface area is 88.2 Å². The normalized spacial score (nSPS) is 11.5. The summed E-state index contributed by atoms with van der Waals surface area (Å²) in [4.78, 5) is 0.0447. The van der Waals surface area contributed by atoms with Gasteiger partial charge in [0.15, 0.2) is 0 Å². The molecule has 0 aliphatic heterocycles. The summed E-state index contributed by atoms with van der Waals surface area (Å²) in [6, 6.07) is 3.93. The van der Waals surface area contributed by atoms with E-state index in [0.29, 0.717) is 5.75 Å². The van der Waals surface area contributed by atoms with Crippen molar-refractivity contribution in [3.63, 3.8) is 0 Å². The minimum atomic E-state index is -4.29. The van der Waals surface area contributed by atoms with Crippen LogP contribution in [0.2, 0.25) is 5.02 Å². The highest BCUT2D eigenvalue weighted by Crippen LogP contribution is 2.39. The quantitative estimate of drug-likeness (QED) is 0.726. The maximum Gasteiger partial charge on any atom is 0.446 e. The van der Waals surface area contributed by atoms with E-state index in [1.165, 1.54) is 25.3 Å². The summed E-state index contributed by atoms with van der Waals surface area (Å²) >= 11 is 5.45. The van der Waals surface area contributed by atoms with Crippen molar-refractivity contribution >= 4 is 23.4 Å². The van der Waals surface area contributed by atoms with Crippen LogP contribution in [0.15, 0.2) is 23.1 Å². The van der Waals surface area contributed by atoms with Crippen molar-refractivity contribution in [3.8, 4) is 5.75 Å². The number of methoxy groups -OCH3 is 1. The summed E-state index contributed by atoms with van der Waals surface area (Å²) in [5, 5.41) is 0.168. The largest absolute Gasteiger partial charge is 0.495 e. The second-order valence-corrected chi connectivity index (χ2v) is 3.89. The van der Waals surface area contributed by atoms with Gasteiger partial charge in [0.05, 0.1) is 12.1 Å². The first-order chi connectivity index (χ1) is 6.42. The predicted molar refractivity (Wildman–Crippen MR) is 49.9 cm³/mol. The highest BCUT2D eigenvalue weighted by atomic mass is 35.5. The number of hydrogen-bond donors (Lipinski definition) is 0. The molecule has 0 bridgehead atoms. The van der Waals surface area contributed by atoms with Crippen LogP contribution in [0.5, 0.6) is 5.75 Å². The molecule has 0 aliphatic rings. The molecule has 0 unspecified atom stereocenters. The molecule has 0 radical (unpaired) electrons. The Morgan fingerprint density at radius 2 is 2.00 bits per heavy atom. The maximum atomic E-state index is 11.9. The Morgan fingerprint density at radius 3 is 2.43 bits per heavy atom. The molecule has 0 heterocycles. The first-order valence-electron chi connectivity index (χ1n) is 3.51. The van der Waals surface area contributed by atoms with Gasteiger partial charge in [0.25, 0.3) is 0 Å². The third-order valence-corrected chi connectivity index (χ3v) is 2.37. The van der Waals surface area contributed by atoms with Crippen molar-refractivity contribution in [2.24, 2.45) is 0 Å². The van der Waals surface area contributed by atoms with Gasteiger partial charge in [0, 0.05) is 4.90 Å². The van der Waals surface area contributed by atoms with E-state index in [9.17, 15) is 13.2 Å². The van der Waals surface area contributed by atoms with E-state index in [1.54, 1.807) is 0 Å². The van der Waals surface area contributed by atoms with Crippen LogP contribution < -0.4 is 4.74 Å². The first-order valence-corrected chi connectivity index (χ1v) is 4.71. The van der Waals surface area contributed by atoms with E-state index in [1.807, 2.05) is 0 Å². The van der Waals surface area contributed by atoms with Crippen molar-refractivity contribution < 1.29 is 17.9 Å². The summed E-state index contributed by atoms with van der Waals surface area (Å²) in [6.45, 7) is 0. The van der Waals surface area contributed by atoms with Crippen molar-refractivity contribution in [1.29, 1.82) is 0 Å². The minimum absolute atomic E-state index is 0.0447. The summed E-state index contributed by atoms with van der Waals surface area (Å²) in [7, 11) is 1.40. The zero-order valence-corrected chi connectivity index (χ0v) is 8.63. The molecule has 0 spiro atoms. The van der Waals surface area contributed by atoms with Crippen LogP contribution in [-0.4, -0.2) is 12.6 Å². The monoisotopic (exact) mass is 242 g/mol. The van der Waals surface area contributed by atoms with E-state index in [4.69, 9.17) is 16.3 Å². The lowest BCUT2D eigenvalue weighted by Gasteiger charge is -2.07. The molecule has 6 heteroatoms. The minimum Gasteiger partial charge on any atom is -0.495 e. The average molecular weight is 243 g/mol. The fourth-order valence-corrected chi connectivity index (χ4v) is 1.75. The maximum absolute atomic E-state index is 11.9. The third kappa shape index (κ3) is 3.31. The molecule has 0 aliphatic carbocycles. The van der Waals surface area contributed by atoms with Crippen molar-refractivity contribution in [3.05, 3.63) is 23.2 Å². The van der Waals surface area contributed by atoms with Gasteiger partial charge >= 0.3 is 5.51 Å². The zero-order valence-electron chi connectivity index (χ0n) is 7.06. The Bertz CT molecular complexity index is 327. The van der Waals surface area contributed by atoms with E-state index in [-0.39, 0.29) is 21.7 Å². The van der Waals surface area contributed by atoms with Crippen LogP contribution in [0.3, 0.4) is 0 Å². The number of benzene rings is 1. The standard InChI is InChI=1S/C8H6ClF3OS/c1-13-7-3-2-5(4-6(7)9)14-8(10,11)12/h2-4H,1H3. The fourth-order valence-electron chi connectivity index (χ4n) is 0.844. The Hall–Kier alpha value is -0.550. The highest BCUT2D eigenvalue weighted by molar-refractivity contribution is 8.00. The summed E-state index contributed by atoms with van der Waals surface area (Å²) < 4.78 is 40.6. The van der Waals surface area contributed by atoms with E-state index < -0.39 is 5.51 Å². The number of hydrogen-bond acceptors (Lipinski definition) is 2. The number of ether oxygens (including phenoxy) is 1. The molecule has 0 N–H and O–H groups in total. The van der Waals surface area contributed by atoms with Gasteiger partial charge in [-0.15, -0.1) is 0 Å². The predicted octanol–water partition coefficient (Wildman–Crippen LogP) is 3.96. The molecule has 1 nitrogen and oxygen atoms in total. The molecule has 78 valence electrons. The molecule has 0 fully saturated rings. The van der Waals surface area contributed by atoms with Gasteiger partial charge in [-0.1, -0.05) is 11.6 Å². The molecular formula is C8H6ClF3OS. The Balaban J connectivity index is 2.87. The second-order valence-electron chi connectivity index (χ2n) is 2.34. The van der Waals surface area contributed by atoms with Crippen molar-refractivity contribution in [2.75, 3.05) is 7.11 Å². The van der Waals surface area contributed by atoms with Gasteiger partial charge in [-0.25, -0.2) is 0 Å². The highest BCUT2D eigenvalue weighted by Gasteiger charge is 2.29. The molecular weight excluding hydrogens is 237 g/mol. The van der Waals surface area contributed by atoms with Crippen LogP contribution in [0.25, 0.3) is 0 Å². The number of alkyl halides is 3. The van der Waals surface area contributed by atoms with E-state index >= 15 is 0 Å². The summed E-state index contributed by atoms with van der Waals surface area (Å²) in [5.41, 5.74) is -4.29. The molecule has 1 aromatic rings. The third-order valence-electron chi connectivity index (χ3n) is 1.36. The van der Waals surface area contributed by atoms with Gasteiger partial charge in [0.2, 0.25) is 0 Å². The smallest absolute Gasteiger partial charge is 0.446 e. The number of halogens is 4. The lowest BCUT2D eigenvalue weighted by Crippen LogP contribution is -1.98. The molecule has 0 atom stereocenters. The Kier molecular flexibility index (Phi) is 3.55. The number of thioether (sulfide) groups is 1. The van der Waals surface area contributed by atoms with Gasteiger partial charge in [-0.05, 0) is 30.0 Å². The summed E-state index contributed by atoms with van der Waals surface area (Å²) in [5.74, 6) is 0.359. The SMILES string of the molecule is COc1ccc(SC(F)(F)F)cc1Cl. The van der Waals surface area contributed by atoms with Gasteiger partial charge in [-0.3, -0.25) is 0 Å². The molecule has 14 heavy (non-hydrogen) atoms. The second kappa shape index (κ2) is 4.31. The number of rotatable bonds is 2. The van der Waals surface area contributed by atoms with Gasteiger partial charge in [0.1, 0.15) is 5.75 Å². The lowest BCUT2D eigenvalue weighted by molar-refractivity contribution is -0.0328. The zero-order chi connectivity index (χ0) is 10.8. The topological polar surface area (TPSA) is 9.23 Å². The molecule has 0 saturated heterocycles. The van der Waals surface area contributed by atoms with Crippen molar-refractivity contribution in [1.82, 2.24) is 0 Å². The van der Waals surface area contributed by atoms with Crippen LogP contribution in [0.4, 0.5) is 13.2 Å². The van der Waals surface area contributed by atoms with Gasteiger partial charge < -0.3 is 4.74 Å². The first kappa shape index (κ1) is 11.5. The molecule has 1 aromatic carbocycles. The van der Waals surface area contributed by atoms with Crippen molar-refractivity contribution in [2.45, 2.75) is 10.4 Å². The van der Waals surface area contributed by atoms with E-state index in [0.717, 1.165) is 0 Å². The molecule has 0 aromatic heterocycles.